The molecule has 0 fully saturated rings. The Morgan fingerprint density at radius 3 is 2.18 bits per heavy atom. The minimum absolute atomic E-state index is 0.0258. The highest BCUT2D eigenvalue weighted by molar-refractivity contribution is 5.51. The number of aldehydes is 1. The van der Waals surface area contributed by atoms with Crippen LogP contribution in [0.4, 0.5) is 0 Å². The molecule has 96 valence electrons. The minimum Gasteiger partial charge on any atom is -0.487 e. The molecule has 0 aromatic heterocycles. The van der Waals surface area contributed by atoms with Crippen LogP contribution >= 0.6 is 0 Å². The molecule has 1 N–H and O–H groups in total. The van der Waals surface area contributed by atoms with Crippen molar-refractivity contribution in [2.75, 3.05) is 0 Å². The van der Waals surface area contributed by atoms with Crippen LogP contribution in [-0.2, 0) is 11.4 Å². The van der Waals surface area contributed by atoms with Gasteiger partial charge in [0, 0.05) is 6.42 Å². The predicted molar refractivity (Wildman–Crippen MR) is 69.1 cm³/mol. The Morgan fingerprint density at radius 2 is 1.76 bits per heavy atom. The molecule has 1 aromatic carbocycles. The topological polar surface area (TPSA) is 46.5 Å². The van der Waals surface area contributed by atoms with Gasteiger partial charge in [0.15, 0.2) is 0 Å². The molecule has 0 aliphatic rings. The molecule has 3 nitrogen and oxygen atoms in total. The van der Waals surface area contributed by atoms with Gasteiger partial charge in [-0.3, -0.25) is 0 Å². The molecule has 0 saturated carbocycles. The van der Waals surface area contributed by atoms with Gasteiger partial charge in [0.25, 0.3) is 0 Å². The van der Waals surface area contributed by atoms with E-state index < -0.39 is 5.60 Å². The van der Waals surface area contributed by atoms with E-state index in [0.717, 1.165) is 11.8 Å². The summed E-state index contributed by atoms with van der Waals surface area (Å²) in [5.41, 5.74) is 0.359. The number of ether oxygens (including phenoxy) is 1. The quantitative estimate of drug-likeness (QED) is 0.802. The summed E-state index contributed by atoms with van der Waals surface area (Å²) in [7, 11) is 0. The van der Waals surface area contributed by atoms with E-state index in [0.29, 0.717) is 12.2 Å². The van der Waals surface area contributed by atoms with Crippen LogP contribution in [0.3, 0.4) is 0 Å². The zero-order valence-corrected chi connectivity index (χ0v) is 11.1. The van der Waals surface area contributed by atoms with Crippen molar-refractivity contribution in [2.24, 2.45) is 0 Å². The fourth-order valence-electron chi connectivity index (χ4n) is 1.22. The Labute approximate surface area is 103 Å². The van der Waals surface area contributed by atoms with E-state index in [9.17, 15) is 4.79 Å². The Bertz CT molecular complexity index is 315. The van der Waals surface area contributed by atoms with Crippen molar-refractivity contribution in [1.82, 2.24) is 0 Å². The van der Waals surface area contributed by atoms with E-state index in [1.54, 1.807) is 24.3 Å². The van der Waals surface area contributed by atoms with Crippen LogP contribution in [0.25, 0.3) is 0 Å². The first-order valence-corrected chi connectivity index (χ1v) is 5.90. The van der Waals surface area contributed by atoms with Gasteiger partial charge in [-0.15, -0.1) is 0 Å². The summed E-state index contributed by atoms with van der Waals surface area (Å²) in [5, 5.41) is 8.86. The molecule has 0 spiro atoms. The number of hydrogen-bond donors (Lipinski definition) is 1. The van der Waals surface area contributed by atoms with Crippen LogP contribution in [0.15, 0.2) is 24.3 Å². The summed E-state index contributed by atoms with van der Waals surface area (Å²) in [6, 6.07) is 7.18. The number of aliphatic hydroxyl groups is 1. The van der Waals surface area contributed by atoms with Crippen LogP contribution in [0, 0.1) is 0 Å². The summed E-state index contributed by atoms with van der Waals surface area (Å²) in [6.07, 6.45) is 1.21. The number of aliphatic hydroxyl groups excluding tert-OH is 1. The van der Waals surface area contributed by atoms with Crippen molar-refractivity contribution in [3.05, 3.63) is 29.8 Å². The third-order valence-corrected chi connectivity index (χ3v) is 2.07. The fourth-order valence-corrected chi connectivity index (χ4v) is 1.22. The third-order valence-electron chi connectivity index (χ3n) is 2.07. The van der Waals surface area contributed by atoms with Gasteiger partial charge in [-0.1, -0.05) is 26.0 Å². The second kappa shape index (κ2) is 7.85. The lowest BCUT2D eigenvalue weighted by atomic mass is 10.1. The lowest BCUT2D eigenvalue weighted by Gasteiger charge is -2.24. The van der Waals surface area contributed by atoms with Crippen molar-refractivity contribution >= 4 is 6.29 Å². The van der Waals surface area contributed by atoms with E-state index in [1.165, 1.54) is 0 Å². The van der Waals surface area contributed by atoms with E-state index >= 15 is 0 Å². The van der Waals surface area contributed by atoms with Gasteiger partial charge in [0.05, 0.1) is 6.61 Å². The number of benzene rings is 1. The molecule has 0 bridgehead atoms. The van der Waals surface area contributed by atoms with Crippen LogP contribution in [0.5, 0.6) is 5.75 Å². The van der Waals surface area contributed by atoms with Crippen LogP contribution in [-0.4, -0.2) is 17.0 Å². The maximum atomic E-state index is 10.4. The molecule has 0 aliphatic heterocycles. The molecular formula is C14H22O3. The Hall–Kier alpha value is -1.35. The van der Waals surface area contributed by atoms with Gasteiger partial charge in [0.2, 0.25) is 0 Å². The molecule has 0 saturated heterocycles. The summed E-state index contributed by atoms with van der Waals surface area (Å²) in [6.45, 7) is 7.75. The lowest BCUT2D eigenvalue weighted by Crippen LogP contribution is -2.28. The van der Waals surface area contributed by atoms with E-state index in [-0.39, 0.29) is 6.61 Å². The maximum absolute atomic E-state index is 10.4. The molecule has 1 rings (SSSR count). The fraction of sp³-hybridized carbons (Fsp3) is 0.500. The predicted octanol–water partition coefficient (Wildman–Crippen LogP) is 2.95. The number of carbonyl (C=O) groups is 1. The highest BCUT2D eigenvalue weighted by Gasteiger charge is 2.18. The summed E-state index contributed by atoms with van der Waals surface area (Å²) in [4.78, 5) is 10.4. The van der Waals surface area contributed by atoms with Crippen molar-refractivity contribution in [3.8, 4) is 5.75 Å². The van der Waals surface area contributed by atoms with Gasteiger partial charge in [-0.2, -0.15) is 0 Å². The molecular weight excluding hydrogens is 216 g/mol. The van der Waals surface area contributed by atoms with E-state index in [1.807, 2.05) is 27.7 Å². The van der Waals surface area contributed by atoms with Gasteiger partial charge >= 0.3 is 0 Å². The zero-order chi connectivity index (χ0) is 13.3. The number of hydrogen-bond acceptors (Lipinski definition) is 3. The van der Waals surface area contributed by atoms with Crippen molar-refractivity contribution in [1.29, 1.82) is 0 Å². The SMILES string of the molecule is CC.CC(C)(CC=O)Oc1ccc(CO)cc1. The zero-order valence-electron chi connectivity index (χ0n) is 11.1. The summed E-state index contributed by atoms with van der Waals surface area (Å²) < 4.78 is 5.63. The maximum Gasteiger partial charge on any atom is 0.123 e. The Kier molecular flexibility index (Phi) is 7.22. The molecule has 3 heteroatoms. The van der Waals surface area contributed by atoms with Gasteiger partial charge in [-0.05, 0) is 31.5 Å². The first-order chi connectivity index (χ1) is 8.07. The van der Waals surface area contributed by atoms with Crippen LogP contribution < -0.4 is 4.74 Å². The molecule has 0 atom stereocenters. The monoisotopic (exact) mass is 238 g/mol. The van der Waals surface area contributed by atoms with Crippen molar-refractivity contribution < 1.29 is 14.6 Å². The molecule has 0 heterocycles. The second-order valence-corrected chi connectivity index (χ2v) is 4.03. The van der Waals surface area contributed by atoms with Crippen LogP contribution in [0.2, 0.25) is 0 Å². The second-order valence-electron chi connectivity index (χ2n) is 4.03. The molecule has 0 radical (unpaired) electrons. The highest BCUT2D eigenvalue weighted by Crippen LogP contribution is 2.20. The minimum atomic E-state index is -0.484. The average molecular weight is 238 g/mol. The molecule has 0 amide bonds. The normalized spacial score (nSPS) is 10.2. The summed E-state index contributed by atoms with van der Waals surface area (Å²) in [5.74, 6) is 0.707. The standard InChI is InChI=1S/C12H16O3.C2H6/c1-12(2,7-8-13)15-11-5-3-10(9-14)4-6-11;1-2/h3-6,8,14H,7,9H2,1-2H3;1-2H3. The van der Waals surface area contributed by atoms with Gasteiger partial charge < -0.3 is 14.6 Å². The largest absolute Gasteiger partial charge is 0.487 e. The number of carbonyl (C=O) groups excluding carboxylic acids is 1. The number of rotatable bonds is 5. The highest BCUT2D eigenvalue weighted by atomic mass is 16.5. The Morgan fingerprint density at radius 1 is 1.24 bits per heavy atom. The Balaban J connectivity index is 0.00000121. The lowest BCUT2D eigenvalue weighted by molar-refractivity contribution is -0.110. The van der Waals surface area contributed by atoms with Crippen LogP contribution in [0.1, 0.15) is 39.7 Å². The van der Waals surface area contributed by atoms with Crippen molar-refractivity contribution in [2.45, 2.75) is 46.3 Å². The third kappa shape index (κ3) is 6.07. The molecule has 0 unspecified atom stereocenters. The molecule has 17 heavy (non-hydrogen) atoms. The van der Waals surface area contributed by atoms with Crippen molar-refractivity contribution in [3.63, 3.8) is 0 Å². The average Bonchev–Trinajstić information content (AvgIpc) is 2.32. The van der Waals surface area contributed by atoms with E-state index in [4.69, 9.17) is 9.84 Å². The van der Waals surface area contributed by atoms with Gasteiger partial charge in [-0.25, -0.2) is 0 Å². The summed E-state index contributed by atoms with van der Waals surface area (Å²) >= 11 is 0. The first kappa shape index (κ1) is 15.7. The van der Waals surface area contributed by atoms with E-state index in [2.05, 4.69) is 0 Å². The smallest absolute Gasteiger partial charge is 0.123 e. The van der Waals surface area contributed by atoms with Gasteiger partial charge in [0.1, 0.15) is 17.6 Å². The first-order valence-electron chi connectivity index (χ1n) is 5.90. The molecule has 1 aromatic rings. The molecule has 0 aliphatic carbocycles.